The molecule has 2 aromatic carbocycles. The van der Waals surface area contributed by atoms with Crippen LogP contribution in [0.5, 0.6) is 5.75 Å². The quantitative estimate of drug-likeness (QED) is 0.580. The lowest BCUT2D eigenvalue weighted by Gasteiger charge is -2.19. The molecule has 2 amide bonds. The molecule has 1 N–H and O–H groups in total. The number of methoxy groups -OCH3 is 1. The Morgan fingerprint density at radius 2 is 2.04 bits per heavy atom. The number of nitro benzene ring substituents is 1. The van der Waals surface area contributed by atoms with Gasteiger partial charge in [-0.05, 0) is 24.3 Å². The van der Waals surface area contributed by atoms with E-state index in [1.165, 1.54) is 36.3 Å². The van der Waals surface area contributed by atoms with Gasteiger partial charge in [-0.2, -0.15) is 0 Å². The molecule has 0 spiro atoms. The van der Waals surface area contributed by atoms with Crippen LogP contribution in [0.15, 0.2) is 36.4 Å². The van der Waals surface area contributed by atoms with Crippen molar-refractivity contribution in [3.05, 3.63) is 56.6 Å². The molecule has 10 heteroatoms. The number of carbonyl (C=O) groups is 2. The van der Waals surface area contributed by atoms with Gasteiger partial charge in [-0.3, -0.25) is 19.7 Å². The summed E-state index contributed by atoms with van der Waals surface area (Å²) >= 11 is 11.9. The maximum atomic E-state index is 12.6. The van der Waals surface area contributed by atoms with E-state index in [9.17, 15) is 19.7 Å². The average Bonchev–Trinajstić information content (AvgIpc) is 3.05. The summed E-state index contributed by atoms with van der Waals surface area (Å²) in [4.78, 5) is 36.8. The van der Waals surface area contributed by atoms with E-state index in [1.807, 2.05) is 0 Å². The molecule has 146 valence electrons. The van der Waals surface area contributed by atoms with E-state index >= 15 is 0 Å². The van der Waals surface area contributed by atoms with Gasteiger partial charge < -0.3 is 15.0 Å². The molecule has 0 aromatic heterocycles. The first kappa shape index (κ1) is 19.9. The Labute approximate surface area is 170 Å². The third-order valence-electron chi connectivity index (χ3n) is 4.35. The minimum absolute atomic E-state index is 0.00279. The van der Waals surface area contributed by atoms with Crippen LogP contribution in [0.2, 0.25) is 10.0 Å². The topological polar surface area (TPSA) is 102 Å². The van der Waals surface area contributed by atoms with Crippen LogP contribution in [-0.4, -0.2) is 30.4 Å². The number of amides is 2. The number of ether oxygens (including phenoxy) is 1. The van der Waals surface area contributed by atoms with Crippen LogP contribution < -0.4 is 15.0 Å². The second kappa shape index (κ2) is 8.04. The smallest absolute Gasteiger partial charge is 0.273 e. The van der Waals surface area contributed by atoms with Crippen molar-refractivity contribution < 1.29 is 19.2 Å². The van der Waals surface area contributed by atoms with Gasteiger partial charge in [0, 0.05) is 24.1 Å². The Morgan fingerprint density at radius 1 is 1.29 bits per heavy atom. The number of benzene rings is 2. The summed E-state index contributed by atoms with van der Waals surface area (Å²) in [6.45, 7) is 0.115. The van der Waals surface area contributed by atoms with E-state index in [1.54, 1.807) is 12.1 Å². The average molecular weight is 424 g/mol. The molecule has 3 rings (SSSR count). The number of hydrogen-bond acceptors (Lipinski definition) is 5. The molecule has 8 nitrogen and oxygen atoms in total. The standard InChI is InChI=1S/C18H15Cl2N3O5/c1-28-16-8-12(23(26)27)3-5-15(16)22-9-10(6-17(22)24)18(25)21-14-4-2-11(19)7-13(14)20/h2-5,7-8,10H,6,9H2,1H3,(H,21,25)/t10-/m0/s1. The van der Waals surface area contributed by atoms with E-state index in [-0.39, 0.29) is 36.2 Å². The monoisotopic (exact) mass is 423 g/mol. The normalized spacial score (nSPS) is 16.2. The Hall–Kier alpha value is -2.84. The van der Waals surface area contributed by atoms with Gasteiger partial charge >= 0.3 is 0 Å². The van der Waals surface area contributed by atoms with Crippen molar-refractivity contribution in [2.45, 2.75) is 6.42 Å². The second-order valence-electron chi connectivity index (χ2n) is 6.13. The fourth-order valence-corrected chi connectivity index (χ4v) is 3.40. The lowest BCUT2D eigenvalue weighted by Crippen LogP contribution is -2.28. The summed E-state index contributed by atoms with van der Waals surface area (Å²) in [5, 5.41) is 14.4. The van der Waals surface area contributed by atoms with Gasteiger partial charge in [-0.1, -0.05) is 23.2 Å². The van der Waals surface area contributed by atoms with Crippen molar-refractivity contribution in [2.24, 2.45) is 5.92 Å². The van der Waals surface area contributed by atoms with Crippen LogP contribution in [0, 0.1) is 16.0 Å². The van der Waals surface area contributed by atoms with Gasteiger partial charge in [-0.15, -0.1) is 0 Å². The highest BCUT2D eigenvalue weighted by Crippen LogP contribution is 2.36. The van der Waals surface area contributed by atoms with Gasteiger partial charge in [0.25, 0.3) is 5.69 Å². The van der Waals surface area contributed by atoms with Gasteiger partial charge in [0.15, 0.2) is 0 Å². The zero-order chi connectivity index (χ0) is 20.4. The second-order valence-corrected chi connectivity index (χ2v) is 6.98. The molecule has 0 bridgehead atoms. The molecular weight excluding hydrogens is 409 g/mol. The van der Waals surface area contributed by atoms with Crippen molar-refractivity contribution in [2.75, 3.05) is 23.9 Å². The molecule has 1 fully saturated rings. The number of halogens is 2. The lowest BCUT2D eigenvalue weighted by atomic mass is 10.1. The van der Waals surface area contributed by atoms with Gasteiger partial charge in [-0.25, -0.2) is 0 Å². The van der Waals surface area contributed by atoms with Crippen molar-refractivity contribution in [3.63, 3.8) is 0 Å². The van der Waals surface area contributed by atoms with E-state index in [0.717, 1.165) is 0 Å². The summed E-state index contributed by atoms with van der Waals surface area (Å²) in [6, 6.07) is 8.64. The van der Waals surface area contributed by atoms with E-state index in [4.69, 9.17) is 27.9 Å². The van der Waals surface area contributed by atoms with Crippen LogP contribution in [-0.2, 0) is 9.59 Å². The maximum absolute atomic E-state index is 12.6. The molecule has 28 heavy (non-hydrogen) atoms. The number of non-ortho nitro benzene ring substituents is 1. The van der Waals surface area contributed by atoms with Gasteiger partial charge in [0.2, 0.25) is 11.8 Å². The summed E-state index contributed by atoms with van der Waals surface area (Å²) in [6.07, 6.45) is -0.00279. The van der Waals surface area contributed by atoms with Crippen LogP contribution in [0.25, 0.3) is 0 Å². The van der Waals surface area contributed by atoms with Crippen molar-refractivity contribution in [1.82, 2.24) is 0 Å². The van der Waals surface area contributed by atoms with E-state index in [2.05, 4.69) is 5.32 Å². The van der Waals surface area contributed by atoms with Gasteiger partial charge in [0.05, 0.1) is 40.4 Å². The number of carbonyl (C=O) groups excluding carboxylic acids is 2. The fourth-order valence-electron chi connectivity index (χ4n) is 2.94. The first-order chi connectivity index (χ1) is 13.3. The number of anilines is 2. The SMILES string of the molecule is COc1cc([N+](=O)[O-])ccc1N1C[C@@H](C(=O)Nc2ccc(Cl)cc2Cl)CC1=O. The molecule has 0 aliphatic carbocycles. The lowest BCUT2D eigenvalue weighted by molar-refractivity contribution is -0.384. The Bertz CT molecular complexity index is 966. The van der Waals surface area contributed by atoms with Crippen LogP contribution in [0.4, 0.5) is 17.1 Å². The highest BCUT2D eigenvalue weighted by molar-refractivity contribution is 6.36. The predicted molar refractivity (Wildman–Crippen MR) is 105 cm³/mol. The van der Waals surface area contributed by atoms with E-state index < -0.39 is 10.8 Å². The molecule has 1 aliphatic rings. The minimum Gasteiger partial charge on any atom is -0.494 e. The maximum Gasteiger partial charge on any atom is 0.273 e. The first-order valence-corrected chi connectivity index (χ1v) is 8.94. The highest BCUT2D eigenvalue weighted by Gasteiger charge is 2.36. The molecular formula is C18H15Cl2N3O5. The first-order valence-electron chi connectivity index (χ1n) is 8.19. The molecule has 0 saturated carbocycles. The molecule has 1 saturated heterocycles. The molecule has 1 aliphatic heterocycles. The van der Waals surface area contributed by atoms with Crippen molar-refractivity contribution >= 4 is 52.1 Å². The number of rotatable bonds is 5. The molecule has 1 atom stereocenters. The Morgan fingerprint density at radius 3 is 2.68 bits per heavy atom. The highest BCUT2D eigenvalue weighted by atomic mass is 35.5. The minimum atomic E-state index is -0.612. The summed E-state index contributed by atoms with van der Waals surface area (Å²) in [5.41, 5.74) is 0.617. The number of hydrogen-bond donors (Lipinski definition) is 1. The molecule has 0 radical (unpaired) electrons. The third kappa shape index (κ3) is 4.02. The number of nitro groups is 1. The van der Waals surface area contributed by atoms with Crippen LogP contribution in [0.1, 0.15) is 6.42 Å². The predicted octanol–water partition coefficient (Wildman–Crippen LogP) is 3.90. The molecule has 0 unspecified atom stereocenters. The zero-order valence-corrected chi connectivity index (χ0v) is 16.2. The van der Waals surface area contributed by atoms with Gasteiger partial charge in [0.1, 0.15) is 5.75 Å². The molecule has 2 aromatic rings. The summed E-state index contributed by atoms with van der Waals surface area (Å²) in [7, 11) is 1.36. The largest absolute Gasteiger partial charge is 0.494 e. The zero-order valence-electron chi connectivity index (χ0n) is 14.6. The van der Waals surface area contributed by atoms with E-state index in [0.29, 0.717) is 21.4 Å². The Balaban J connectivity index is 1.78. The summed E-state index contributed by atoms with van der Waals surface area (Å²) in [5.74, 6) is -1.07. The number of nitrogens with one attached hydrogen (secondary N) is 1. The van der Waals surface area contributed by atoms with Crippen molar-refractivity contribution in [3.8, 4) is 5.75 Å². The number of nitrogens with zero attached hydrogens (tertiary/aromatic N) is 2. The summed E-state index contributed by atoms with van der Waals surface area (Å²) < 4.78 is 5.19. The van der Waals surface area contributed by atoms with Crippen molar-refractivity contribution in [1.29, 1.82) is 0 Å². The molecule has 1 heterocycles. The van der Waals surface area contributed by atoms with Crippen LogP contribution >= 0.6 is 23.2 Å². The Kier molecular flexibility index (Phi) is 5.71. The third-order valence-corrected chi connectivity index (χ3v) is 4.90. The van der Waals surface area contributed by atoms with Crippen LogP contribution in [0.3, 0.4) is 0 Å². The fraction of sp³-hybridized carbons (Fsp3) is 0.222.